The van der Waals surface area contributed by atoms with Gasteiger partial charge in [-0.2, -0.15) is 0 Å². The van der Waals surface area contributed by atoms with E-state index in [-0.39, 0.29) is 5.91 Å². The molecule has 0 atom stereocenters. The quantitative estimate of drug-likeness (QED) is 0.871. The summed E-state index contributed by atoms with van der Waals surface area (Å²) in [5, 5.41) is 0. The summed E-state index contributed by atoms with van der Waals surface area (Å²) in [6.07, 6.45) is 6.27. The first-order valence-corrected chi connectivity index (χ1v) is 7.84. The molecule has 0 aliphatic carbocycles. The lowest BCUT2D eigenvalue weighted by Gasteiger charge is -2.33. The smallest absolute Gasteiger partial charge is 0.253 e. The van der Waals surface area contributed by atoms with Gasteiger partial charge in [-0.1, -0.05) is 0 Å². The van der Waals surface area contributed by atoms with Gasteiger partial charge >= 0.3 is 0 Å². The van der Waals surface area contributed by atoms with Crippen LogP contribution in [-0.2, 0) is 0 Å². The van der Waals surface area contributed by atoms with Crippen molar-refractivity contribution < 1.29 is 4.79 Å². The van der Waals surface area contributed by atoms with Crippen molar-refractivity contribution in [3.63, 3.8) is 0 Å². The summed E-state index contributed by atoms with van der Waals surface area (Å²) in [5.41, 5.74) is 1.90. The second-order valence-electron chi connectivity index (χ2n) is 6.09. The van der Waals surface area contributed by atoms with E-state index < -0.39 is 0 Å². The highest BCUT2D eigenvalue weighted by Gasteiger charge is 2.24. The van der Waals surface area contributed by atoms with Crippen LogP contribution in [0.3, 0.4) is 0 Å². The van der Waals surface area contributed by atoms with Gasteiger partial charge in [-0.25, -0.2) is 0 Å². The molecule has 0 radical (unpaired) electrons. The summed E-state index contributed by atoms with van der Waals surface area (Å²) in [5.74, 6) is 0.149. The van der Waals surface area contributed by atoms with E-state index >= 15 is 0 Å². The summed E-state index contributed by atoms with van der Waals surface area (Å²) in [6.45, 7) is 1.66. The fourth-order valence-corrected chi connectivity index (χ4v) is 3.04. The van der Waals surface area contributed by atoms with E-state index in [2.05, 4.69) is 29.1 Å². The topological polar surface area (TPSA) is 28.5 Å². The van der Waals surface area contributed by atoms with Gasteiger partial charge in [0.05, 0.1) is 0 Å². The molecule has 1 amide bonds. The Morgan fingerprint density at radius 2 is 1.64 bits per heavy atom. The number of carbonyl (C=O) groups excluding carboxylic acids is 1. The van der Waals surface area contributed by atoms with Gasteiger partial charge < -0.3 is 14.4 Å². The highest BCUT2D eigenvalue weighted by atomic mass is 16.2. The molecule has 0 saturated carbocycles. The molecule has 116 valence electrons. The predicted molar refractivity (Wildman–Crippen MR) is 89.4 cm³/mol. The fourth-order valence-electron chi connectivity index (χ4n) is 3.04. The zero-order valence-electron chi connectivity index (χ0n) is 13.3. The molecule has 0 unspecified atom stereocenters. The second-order valence-corrected chi connectivity index (χ2v) is 6.09. The Morgan fingerprint density at radius 1 is 1.05 bits per heavy atom. The van der Waals surface area contributed by atoms with Crippen molar-refractivity contribution in [3.8, 4) is 0 Å². The molecule has 0 bridgehead atoms. The van der Waals surface area contributed by atoms with Crippen molar-refractivity contribution in [1.82, 2.24) is 9.47 Å². The van der Waals surface area contributed by atoms with Crippen molar-refractivity contribution in [2.75, 3.05) is 32.1 Å². The van der Waals surface area contributed by atoms with Crippen molar-refractivity contribution in [3.05, 3.63) is 54.4 Å². The van der Waals surface area contributed by atoms with Gasteiger partial charge in [0.25, 0.3) is 5.91 Å². The first kappa shape index (κ1) is 14.7. The number of nitrogens with zero attached hydrogens (tertiary/aromatic N) is 3. The standard InChI is InChI=1S/C18H23N3O/c1-19(2)16-7-5-15(6-8-16)18(22)21-13-9-17(10-14-21)20-11-3-4-12-20/h3-8,11-12,17H,9-10,13-14H2,1-2H3. The number of amides is 1. The van der Waals surface area contributed by atoms with Gasteiger partial charge in [-0.05, 0) is 49.2 Å². The zero-order valence-corrected chi connectivity index (χ0v) is 13.3. The van der Waals surface area contributed by atoms with Crippen molar-refractivity contribution in [2.24, 2.45) is 0 Å². The van der Waals surface area contributed by atoms with Crippen LogP contribution in [0.1, 0.15) is 29.2 Å². The summed E-state index contributed by atoms with van der Waals surface area (Å²) < 4.78 is 2.26. The average molecular weight is 297 g/mol. The molecular formula is C18H23N3O. The van der Waals surface area contributed by atoms with Crippen LogP contribution in [0.2, 0.25) is 0 Å². The molecule has 2 aromatic rings. The van der Waals surface area contributed by atoms with Gasteiger partial charge in [0.2, 0.25) is 0 Å². The van der Waals surface area contributed by atoms with Crippen molar-refractivity contribution in [1.29, 1.82) is 0 Å². The first-order chi connectivity index (χ1) is 10.6. The highest BCUT2D eigenvalue weighted by Crippen LogP contribution is 2.24. The number of aromatic nitrogens is 1. The third kappa shape index (κ3) is 3.01. The van der Waals surface area contributed by atoms with Crippen LogP contribution in [0, 0.1) is 0 Å². The molecule has 0 N–H and O–H groups in total. The Labute approximate surface area is 132 Å². The molecule has 22 heavy (non-hydrogen) atoms. The minimum atomic E-state index is 0.149. The number of anilines is 1. The van der Waals surface area contributed by atoms with Gasteiger partial charge in [0.1, 0.15) is 0 Å². The van der Waals surface area contributed by atoms with Gasteiger partial charge in [0.15, 0.2) is 0 Å². The van der Waals surface area contributed by atoms with Gasteiger partial charge in [0, 0.05) is 56.9 Å². The predicted octanol–water partition coefficient (Wildman–Crippen LogP) is 3.03. The summed E-state index contributed by atoms with van der Waals surface area (Å²) in [6, 6.07) is 12.5. The van der Waals surface area contributed by atoms with Crippen molar-refractivity contribution >= 4 is 11.6 Å². The van der Waals surface area contributed by atoms with Crippen LogP contribution in [-0.4, -0.2) is 42.6 Å². The number of carbonyl (C=O) groups is 1. The average Bonchev–Trinajstić information content (AvgIpc) is 3.09. The molecule has 4 heteroatoms. The number of likely N-dealkylation sites (tertiary alicyclic amines) is 1. The lowest BCUT2D eigenvalue weighted by atomic mass is 10.0. The largest absolute Gasteiger partial charge is 0.378 e. The number of hydrogen-bond donors (Lipinski definition) is 0. The summed E-state index contributed by atoms with van der Waals surface area (Å²) in [4.78, 5) is 16.6. The Bertz CT molecular complexity index is 608. The van der Waals surface area contributed by atoms with Crippen molar-refractivity contribution in [2.45, 2.75) is 18.9 Å². The lowest BCUT2D eigenvalue weighted by molar-refractivity contribution is 0.0694. The molecule has 1 saturated heterocycles. The molecular weight excluding hydrogens is 274 g/mol. The molecule has 0 spiro atoms. The summed E-state index contributed by atoms with van der Waals surface area (Å²) >= 11 is 0. The number of benzene rings is 1. The summed E-state index contributed by atoms with van der Waals surface area (Å²) in [7, 11) is 4.01. The SMILES string of the molecule is CN(C)c1ccc(C(=O)N2CCC(n3cccc3)CC2)cc1. The fraction of sp³-hybridized carbons (Fsp3) is 0.389. The maximum Gasteiger partial charge on any atom is 0.253 e. The molecule has 1 aromatic carbocycles. The second kappa shape index (κ2) is 6.26. The molecule has 1 fully saturated rings. The van der Waals surface area contributed by atoms with Crippen LogP contribution in [0.4, 0.5) is 5.69 Å². The van der Waals surface area contributed by atoms with Crippen LogP contribution >= 0.6 is 0 Å². The number of piperidine rings is 1. The Kier molecular flexibility index (Phi) is 4.18. The molecule has 3 rings (SSSR count). The monoisotopic (exact) mass is 297 g/mol. The van der Waals surface area contributed by atoms with E-state index in [1.165, 1.54) is 0 Å². The minimum absolute atomic E-state index is 0.149. The molecule has 2 heterocycles. The van der Waals surface area contributed by atoms with E-state index in [1.807, 2.05) is 48.2 Å². The van der Waals surface area contributed by atoms with Gasteiger partial charge in [-0.15, -0.1) is 0 Å². The Hall–Kier alpha value is -2.23. The maximum absolute atomic E-state index is 12.6. The number of hydrogen-bond acceptors (Lipinski definition) is 2. The first-order valence-electron chi connectivity index (χ1n) is 7.84. The molecule has 1 aromatic heterocycles. The van der Waals surface area contributed by atoms with Crippen LogP contribution in [0.15, 0.2) is 48.8 Å². The van der Waals surface area contributed by atoms with E-state index in [1.54, 1.807) is 0 Å². The third-order valence-electron chi connectivity index (χ3n) is 4.43. The maximum atomic E-state index is 12.6. The van der Waals surface area contributed by atoms with E-state index in [0.717, 1.165) is 37.2 Å². The Balaban J connectivity index is 1.62. The lowest BCUT2D eigenvalue weighted by Crippen LogP contribution is -2.38. The minimum Gasteiger partial charge on any atom is -0.378 e. The zero-order chi connectivity index (χ0) is 15.5. The highest BCUT2D eigenvalue weighted by molar-refractivity contribution is 5.94. The molecule has 1 aliphatic rings. The Morgan fingerprint density at radius 3 is 2.18 bits per heavy atom. The molecule has 1 aliphatic heterocycles. The normalized spacial score (nSPS) is 15.8. The van der Waals surface area contributed by atoms with Crippen LogP contribution in [0.5, 0.6) is 0 Å². The third-order valence-corrected chi connectivity index (χ3v) is 4.43. The number of rotatable bonds is 3. The van der Waals surface area contributed by atoms with Crippen LogP contribution < -0.4 is 4.90 Å². The van der Waals surface area contributed by atoms with Gasteiger partial charge in [-0.3, -0.25) is 4.79 Å². The van der Waals surface area contributed by atoms with Crippen LogP contribution in [0.25, 0.3) is 0 Å². The van der Waals surface area contributed by atoms with E-state index in [4.69, 9.17) is 0 Å². The molecule has 4 nitrogen and oxygen atoms in total. The van der Waals surface area contributed by atoms with E-state index in [9.17, 15) is 4.79 Å². The van der Waals surface area contributed by atoms with E-state index in [0.29, 0.717) is 6.04 Å².